The first-order chi connectivity index (χ1) is 13.7. The largest absolute Gasteiger partial charge is 0.361 e. The van der Waals surface area contributed by atoms with Gasteiger partial charge in [0.05, 0.1) is 17.4 Å². The summed E-state index contributed by atoms with van der Waals surface area (Å²) >= 11 is 0. The number of hydrogen-bond acceptors (Lipinski definition) is 3. The van der Waals surface area contributed by atoms with Crippen molar-refractivity contribution in [1.29, 1.82) is 0 Å². The molecule has 2 heterocycles. The van der Waals surface area contributed by atoms with Gasteiger partial charge in [0.2, 0.25) is 0 Å². The first-order valence-electron chi connectivity index (χ1n) is 9.00. The Bertz CT molecular complexity index is 1100. The molecule has 6 heteroatoms. The number of carbonyl (C=O) groups excluding carboxylic acids is 1. The summed E-state index contributed by atoms with van der Waals surface area (Å²) in [5, 5.41) is 7.21. The van der Waals surface area contributed by atoms with Crippen LogP contribution in [0, 0.1) is 5.82 Å². The monoisotopic (exact) mass is 374 g/mol. The molecule has 3 N–H and O–H groups in total. The minimum absolute atomic E-state index is 0.185. The molecule has 0 aliphatic carbocycles. The van der Waals surface area contributed by atoms with Crippen LogP contribution in [0.1, 0.15) is 15.9 Å². The predicted octanol–water partition coefficient (Wildman–Crippen LogP) is 4.42. The highest BCUT2D eigenvalue weighted by Gasteiger charge is 2.08. The molecule has 5 nitrogen and oxygen atoms in total. The normalized spacial score (nSPS) is 10.8. The summed E-state index contributed by atoms with van der Waals surface area (Å²) in [6.07, 6.45) is 5.85. The van der Waals surface area contributed by atoms with Gasteiger partial charge in [0, 0.05) is 35.5 Å². The molecule has 0 atom stereocenters. The van der Waals surface area contributed by atoms with Gasteiger partial charge in [-0.25, -0.2) is 4.39 Å². The maximum atomic E-state index is 13.0. The van der Waals surface area contributed by atoms with Gasteiger partial charge in [-0.1, -0.05) is 18.2 Å². The number of carbonyl (C=O) groups is 1. The smallest absolute Gasteiger partial charge is 0.252 e. The third-order valence-corrected chi connectivity index (χ3v) is 4.49. The highest BCUT2D eigenvalue weighted by Crippen LogP contribution is 2.18. The van der Waals surface area contributed by atoms with Gasteiger partial charge in [0.25, 0.3) is 5.91 Å². The van der Waals surface area contributed by atoms with Crippen LogP contribution < -0.4 is 10.6 Å². The fourth-order valence-corrected chi connectivity index (χ4v) is 3.08. The summed E-state index contributed by atoms with van der Waals surface area (Å²) in [5.41, 5.74) is 4.11. The minimum Gasteiger partial charge on any atom is -0.361 e. The highest BCUT2D eigenvalue weighted by molar-refractivity contribution is 5.95. The Morgan fingerprint density at radius 2 is 1.86 bits per heavy atom. The second kappa shape index (κ2) is 7.92. The Labute approximate surface area is 161 Å². The van der Waals surface area contributed by atoms with Gasteiger partial charge in [0.1, 0.15) is 5.82 Å². The molecule has 0 aliphatic rings. The molecule has 0 fully saturated rings. The molecule has 0 unspecified atom stereocenters. The summed E-state index contributed by atoms with van der Waals surface area (Å²) in [4.78, 5) is 19.8. The van der Waals surface area contributed by atoms with Gasteiger partial charge < -0.3 is 15.6 Å². The number of para-hydroxylation sites is 1. The molecule has 4 rings (SSSR count). The topological polar surface area (TPSA) is 69.8 Å². The number of amides is 1. The van der Waals surface area contributed by atoms with E-state index < -0.39 is 0 Å². The van der Waals surface area contributed by atoms with Crippen LogP contribution in [0.25, 0.3) is 10.9 Å². The zero-order valence-corrected chi connectivity index (χ0v) is 15.1. The van der Waals surface area contributed by atoms with Crippen LogP contribution in [0.2, 0.25) is 0 Å². The number of H-pyrrole nitrogens is 1. The van der Waals surface area contributed by atoms with E-state index in [0.29, 0.717) is 17.8 Å². The molecule has 0 radical (unpaired) electrons. The van der Waals surface area contributed by atoms with E-state index in [4.69, 9.17) is 0 Å². The molecule has 0 saturated heterocycles. The SMILES string of the molecule is O=C(NCCc1c[nH]c2ccccc12)c1cncc(Nc2ccc(F)cc2)c1. The lowest BCUT2D eigenvalue weighted by atomic mass is 10.1. The van der Waals surface area contributed by atoms with Gasteiger partial charge in [-0.15, -0.1) is 0 Å². The average Bonchev–Trinajstić information content (AvgIpc) is 3.13. The standard InChI is InChI=1S/C22H19FN4O/c23-17-5-7-18(8-6-17)27-19-11-16(12-24-14-19)22(28)25-10-9-15-13-26-21-4-2-1-3-20(15)21/h1-8,11-14,26-27H,9-10H2,(H,25,28). The number of nitrogens with one attached hydrogen (secondary N) is 3. The number of aromatic nitrogens is 2. The molecule has 1 amide bonds. The maximum Gasteiger partial charge on any atom is 0.252 e. The Balaban J connectivity index is 1.37. The predicted molar refractivity (Wildman–Crippen MR) is 108 cm³/mol. The van der Waals surface area contributed by atoms with Gasteiger partial charge in [-0.05, 0) is 48.4 Å². The van der Waals surface area contributed by atoms with Crippen LogP contribution in [-0.2, 0) is 6.42 Å². The lowest BCUT2D eigenvalue weighted by molar-refractivity contribution is 0.0954. The summed E-state index contributed by atoms with van der Waals surface area (Å²) in [7, 11) is 0. The maximum absolute atomic E-state index is 13.0. The van der Waals surface area contributed by atoms with E-state index in [1.165, 1.54) is 29.3 Å². The van der Waals surface area contributed by atoms with Crippen LogP contribution in [0.5, 0.6) is 0 Å². The zero-order valence-electron chi connectivity index (χ0n) is 15.1. The van der Waals surface area contributed by atoms with E-state index in [2.05, 4.69) is 26.7 Å². The zero-order chi connectivity index (χ0) is 19.3. The van der Waals surface area contributed by atoms with Crippen LogP contribution >= 0.6 is 0 Å². The van der Waals surface area contributed by atoms with E-state index in [9.17, 15) is 9.18 Å². The molecule has 0 spiro atoms. The fraction of sp³-hybridized carbons (Fsp3) is 0.0909. The molecule has 2 aromatic carbocycles. The van der Waals surface area contributed by atoms with Crippen molar-refractivity contribution in [3.63, 3.8) is 0 Å². The second-order valence-corrected chi connectivity index (χ2v) is 6.46. The van der Waals surface area contributed by atoms with Crippen molar-refractivity contribution in [3.05, 3.63) is 90.1 Å². The van der Waals surface area contributed by atoms with E-state index in [0.717, 1.165) is 17.6 Å². The number of pyridine rings is 1. The van der Waals surface area contributed by atoms with Crippen LogP contribution in [0.4, 0.5) is 15.8 Å². The fourth-order valence-electron chi connectivity index (χ4n) is 3.08. The van der Waals surface area contributed by atoms with Gasteiger partial charge in [-0.3, -0.25) is 9.78 Å². The highest BCUT2D eigenvalue weighted by atomic mass is 19.1. The molecular formula is C22H19FN4O. The molecule has 28 heavy (non-hydrogen) atoms. The van der Waals surface area contributed by atoms with Crippen LogP contribution in [0.15, 0.2) is 73.2 Å². The van der Waals surface area contributed by atoms with Crippen molar-refractivity contribution in [3.8, 4) is 0 Å². The molecule has 2 aromatic heterocycles. The van der Waals surface area contributed by atoms with Crippen LogP contribution in [-0.4, -0.2) is 22.4 Å². The number of halogens is 1. The number of nitrogens with zero attached hydrogens (tertiary/aromatic N) is 1. The Morgan fingerprint density at radius 3 is 2.71 bits per heavy atom. The third-order valence-electron chi connectivity index (χ3n) is 4.49. The molecular weight excluding hydrogens is 355 g/mol. The molecule has 0 aliphatic heterocycles. The van der Waals surface area contributed by atoms with Crippen molar-refractivity contribution < 1.29 is 9.18 Å². The molecule has 140 valence electrons. The average molecular weight is 374 g/mol. The van der Waals surface area contributed by atoms with E-state index >= 15 is 0 Å². The number of benzene rings is 2. The first-order valence-corrected chi connectivity index (χ1v) is 9.00. The second-order valence-electron chi connectivity index (χ2n) is 6.46. The van der Waals surface area contributed by atoms with Gasteiger partial charge >= 0.3 is 0 Å². The number of hydrogen-bond donors (Lipinski definition) is 3. The molecule has 0 saturated carbocycles. The lowest BCUT2D eigenvalue weighted by Gasteiger charge is -2.09. The van der Waals surface area contributed by atoms with Crippen molar-refractivity contribution in [2.45, 2.75) is 6.42 Å². The number of aromatic amines is 1. The minimum atomic E-state index is -0.299. The Kier molecular flexibility index (Phi) is 5.01. The third kappa shape index (κ3) is 4.01. The quantitative estimate of drug-likeness (QED) is 0.468. The number of fused-ring (bicyclic) bond motifs is 1. The molecule has 4 aromatic rings. The number of rotatable bonds is 6. The van der Waals surface area contributed by atoms with E-state index in [1.54, 1.807) is 24.4 Å². The van der Waals surface area contributed by atoms with Gasteiger partial charge in [-0.2, -0.15) is 0 Å². The summed E-state index contributed by atoms with van der Waals surface area (Å²) in [6.45, 7) is 0.524. The summed E-state index contributed by atoms with van der Waals surface area (Å²) < 4.78 is 13.0. The van der Waals surface area contributed by atoms with Crippen molar-refractivity contribution >= 4 is 28.2 Å². The molecule has 0 bridgehead atoms. The summed E-state index contributed by atoms with van der Waals surface area (Å²) in [6, 6.07) is 15.8. The Hall–Kier alpha value is -3.67. The van der Waals surface area contributed by atoms with Crippen molar-refractivity contribution in [2.24, 2.45) is 0 Å². The first kappa shape index (κ1) is 17.7. The van der Waals surface area contributed by atoms with E-state index in [1.807, 2.05) is 24.4 Å². The Morgan fingerprint density at radius 1 is 1.04 bits per heavy atom. The number of anilines is 2. The van der Waals surface area contributed by atoms with E-state index in [-0.39, 0.29) is 11.7 Å². The van der Waals surface area contributed by atoms with Gasteiger partial charge in [0.15, 0.2) is 0 Å². The van der Waals surface area contributed by atoms with Crippen molar-refractivity contribution in [1.82, 2.24) is 15.3 Å². The lowest BCUT2D eigenvalue weighted by Crippen LogP contribution is -2.25. The van der Waals surface area contributed by atoms with Crippen molar-refractivity contribution in [2.75, 3.05) is 11.9 Å². The van der Waals surface area contributed by atoms with Crippen LogP contribution in [0.3, 0.4) is 0 Å². The summed E-state index contributed by atoms with van der Waals surface area (Å²) in [5.74, 6) is -0.484.